The molecule has 16 heavy (non-hydrogen) atoms. The minimum atomic E-state index is 0.404. The number of rotatable bonds is 3. The van der Waals surface area contributed by atoms with Crippen LogP contribution in [0.3, 0.4) is 0 Å². The molecule has 1 aromatic rings. The predicted molar refractivity (Wildman–Crippen MR) is 68.3 cm³/mol. The van der Waals surface area contributed by atoms with Crippen molar-refractivity contribution in [1.29, 1.82) is 0 Å². The Morgan fingerprint density at radius 3 is 2.69 bits per heavy atom. The lowest BCUT2D eigenvalue weighted by Crippen LogP contribution is -2.31. The Morgan fingerprint density at radius 1 is 1.31 bits per heavy atom. The monoisotopic (exact) mass is 218 g/mol. The lowest BCUT2D eigenvalue weighted by molar-refractivity contribution is 0.456. The van der Waals surface area contributed by atoms with Crippen LogP contribution in [0.25, 0.3) is 0 Å². The van der Waals surface area contributed by atoms with E-state index < -0.39 is 0 Å². The maximum atomic E-state index is 5.93. The Morgan fingerprint density at radius 2 is 2.06 bits per heavy atom. The first kappa shape index (κ1) is 11.6. The van der Waals surface area contributed by atoms with Gasteiger partial charge in [0, 0.05) is 18.1 Å². The Balaban J connectivity index is 1.98. The Hall–Kier alpha value is -0.860. The minimum absolute atomic E-state index is 0.404. The second-order valence-corrected chi connectivity index (χ2v) is 5.01. The van der Waals surface area contributed by atoms with E-state index in [0.717, 1.165) is 12.8 Å². The van der Waals surface area contributed by atoms with Gasteiger partial charge in [0.2, 0.25) is 0 Å². The highest BCUT2D eigenvalue weighted by atomic mass is 15.0. The topological polar surface area (TPSA) is 38.0 Å². The van der Waals surface area contributed by atoms with Gasteiger partial charge < -0.3 is 11.1 Å². The van der Waals surface area contributed by atoms with E-state index in [2.05, 4.69) is 43.4 Å². The van der Waals surface area contributed by atoms with Crippen molar-refractivity contribution in [2.45, 2.75) is 51.2 Å². The first-order chi connectivity index (χ1) is 7.66. The Labute approximate surface area is 98.2 Å². The second-order valence-electron chi connectivity index (χ2n) is 5.01. The van der Waals surface area contributed by atoms with Crippen molar-refractivity contribution in [1.82, 2.24) is 5.32 Å². The zero-order valence-electron chi connectivity index (χ0n) is 10.2. The lowest BCUT2D eigenvalue weighted by Gasteiger charge is -2.21. The van der Waals surface area contributed by atoms with E-state index in [1.54, 1.807) is 0 Å². The summed E-state index contributed by atoms with van der Waals surface area (Å²) in [5.74, 6) is 0. The highest BCUT2D eigenvalue weighted by molar-refractivity contribution is 5.28. The van der Waals surface area contributed by atoms with Gasteiger partial charge in [-0.3, -0.25) is 0 Å². The van der Waals surface area contributed by atoms with Gasteiger partial charge in [0.15, 0.2) is 0 Å². The van der Waals surface area contributed by atoms with Gasteiger partial charge in [0.1, 0.15) is 0 Å². The SMILES string of the molecule is Cc1ccccc1[C@H](C)NC1CCC(N)C1. The van der Waals surface area contributed by atoms with Gasteiger partial charge in [-0.2, -0.15) is 0 Å². The average Bonchev–Trinajstić information content (AvgIpc) is 2.64. The zero-order valence-corrected chi connectivity index (χ0v) is 10.2. The number of hydrogen-bond donors (Lipinski definition) is 2. The molecule has 1 aromatic carbocycles. The van der Waals surface area contributed by atoms with E-state index in [1.165, 1.54) is 17.5 Å². The normalized spacial score (nSPS) is 26.9. The molecule has 0 bridgehead atoms. The first-order valence-corrected chi connectivity index (χ1v) is 6.24. The van der Waals surface area contributed by atoms with E-state index in [4.69, 9.17) is 5.73 Å². The summed E-state index contributed by atoms with van der Waals surface area (Å²) in [7, 11) is 0. The molecule has 0 aromatic heterocycles. The third kappa shape index (κ3) is 2.63. The lowest BCUT2D eigenvalue weighted by atomic mass is 10.0. The molecular weight excluding hydrogens is 196 g/mol. The summed E-state index contributed by atoms with van der Waals surface area (Å²) in [6, 6.07) is 10.0. The van der Waals surface area contributed by atoms with Crippen LogP contribution < -0.4 is 11.1 Å². The molecular formula is C14H22N2. The van der Waals surface area contributed by atoms with E-state index in [-0.39, 0.29) is 0 Å². The van der Waals surface area contributed by atoms with Gasteiger partial charge in [-0.1, -0.05) is 24.3 Å². The number of nitrogens with two attached hydrogens (primary N) is 1. The first-order valence-electron chi connectivity index (χ1n) is 6.24. The number of benzene rings is 1. The number of aryl methyl sites for hydroxylation is 1. The Bertz CT molecular complexity index is 348. The summed E-state index contributed by atoms with van der Waals surface area (Å²) in [6.45, 7) is 4.42. The van der Waals surface area contributed by atoms with Crippen LogP contribution in [0, 0.1) is 6.92 Å². The standard InChI is InChI=1S/C14H22N2/c1-10-5-3-4-6-14(10)11(2)16-13-8-7-12(15)9-13/h3-6,11-13,16H,7-9,15H2,1-2H3/t11-,12?,13?/m0/s1. The fourth-order valence-electron chi connectivity index (χ4n) is 2.68. The van der Waals surface area contributed by atoms with Crippen LogP contribution in [0.5, 0.6) is 0 Å². The van der Waals surface area contributed by atoms with Crippen molar-refractivity contribution in [3.63, 3.8) is 0 Å². The molecule has 1 saturated carbocycles. The molecule has 2 nitrogen and oxygen atoms in total. The van der Waals surface area contributed by atoms with Crippen molar-refractivity contribution >= 4 is 0 Å². The number of nitrogens with one attached hydrogen (secondary N) is 1. The summed E-state index contributed by atoms with van der Waals surface area (Å²) in [6.07, 6.45) is 3.51. The molecule has 0 radical (unpaired) electrons. The van der Waals surface area contributed by atoms with E-state index >= 15 is 0 Å². The fraction of sp³-hybridized carbons (Fsp3) is 0.571. The summed E-state index contributed by atoms with van der Waals surface area (Å²) in [5, 5.41) is 3.69. The maximum absolute atomic E-state index is 5.93. The van der Waals surface area contributed by atoms with Crippen molar-refractivity contribution in [2.24, 2.45) is 5.73 Å². The molecule has 1 aliphatic rings. The van der Waals surface area contributed by atoms with Gasteiger partial charge >= 0.3 is 0 Å². The summed E-state index contributed by atoms with van der Waals surface area (Å²) < 4.78 is 0. The molecule has 0 spiro atoms. The Kier molecular flexibility index (Phi) is 3.62. The second kappa shape index (κ2) is 4.98. The van der Waals surface area contributed by atoms with Gasteiger partial charge in [-0.15, -0.1) is 0 Å². The largest absolute Gasteiger partial charge is 0.328 e. The molecule has 2 rings (SSSR count). The molecule has 0 aliphatic heterocycles. The average molecular weight is 218 g/mol. The van der Waals surface area contributed by atoms with E-state index in [9.17, 15) is 0 Å². The molecule has 3 N–H and O–H groups in total. The molecule has 2 heteroatoms. The molecule has 0 saturated heterocycles. The molecule has 2 unspecified atom stereocenters. The van der Waals surface area contributed by atoms with Crippen molar-refractivity contribution in [2.75, 3.05) is 0 Å². The van der Waals surface area contributed by atoms with Gasteiger partial charge in [-0.25, -0.2) is 0 Å². The van der Waals surface area contributed by atoms with Crippen LogP contribution >= 0.6 is 0 Å². The number of hydrogen-bond acceptors (Lipinski definition) is 2. The smallest absolute Gasteiger partial charge is 0.0296 e. The highest BCUT2D eigenvalue weighted by Gasteiger charge is 2.23. The van der Waals surface area contributed by atoms with E-state index in [1.807, 2.05) is 0 Å². The van der Waals surface area contributed by atoms with Gasteiger partial charge in [-0.05, 0) is 44.2 Å². The van der Waals surface area contributed by atoms with Crippen LogP contribution in [0.1, 0.15) is 43.4 Å². The summed E-state index contributed by atoms with van der Waals surface area (Å²) in [5.41, 5.74) is 8.70. The third-order valence-corrected chi connectivity index (χ3v) is 3.61. The summed E-state index contributed by atoms with van der Waals surface area (Å²) in [4.78, 5) is 0. The molecule has 1 aliphatic carbocycles. The molecule has 0 heterocycles. The molecule has 0 amide bonds. The zero-order chi connectivity index (χ0) is 11.5. The van der Waals surface area contributed by atoms with Gasteiger partial charge in [0.05, 0.1) is 0 Å². The van der Waals surface area contributed by atoms with Crippen LogP contribution in [0.15, 0.2) is 24.3 Å². The fourth-order valence-corrected chi connectivity index (χ4v) is 2.68. The summed E-state index contributed by atoms with van der Waals surface area (Å²) >= 11 is 0. The van der Waals surface area contributed by atoms with E-state index in [0.29, 0.717) is 18.1 Å². The van der Waals surface area contributed by atoms with Crippen molar-refractivity contribution in [3.8, 4) is 0 Å². The van der Waals surface area contributed by atoms with Gasteiger partial charge in [0.25, 0.3) is 0 Å². The van der Waals surface area contributed by atoms with Crippen LogP contribution in [-0.4, -0.2) is 12.1 Å². The van der Waals surface area contributed by atoms with Crippen LogP contribution in [-0.2, 0) is 0 Å². The predicted octanol–water partition coefficient (Wildman–Crippen LogP) is 2.53. The minimum Gasteiger partial charge on any atom is -0.328 e. The van der Waals surface area contributed by atoms with Crippen molar-refractivity contribution in [3.05, 3.63) is 35.4 Å². The van der Waals surface area contributed by atoms with Crippen molar-refractivity contribution < 1.29 is 0 Å². The van der Waals surface area contributed by atoms with Crippen LogP contribution in [0.4, 0.5) is 0 Å². The molecule has 3 atom stereocenters. The molecule has 88 valence electrons. The van der Waals surface area contributed by atoms with Crippen LogP contribution in [0.2, 0.25) is 0 Å². The third-order valence-electron chi connectivity index (χ3n) is 3.61. The maximum Gasteiger partial charge on any atom is 0.0296 e. The quantitative estimate of drug-likeness (QED) is 0.818. The highest BCUT2D eigenvalue weighted by Crippen LogP contribution is 2.23. The molecule has 1 fully saturated rings.